The predicted molar refractivity (Wildman–Crippen MR) is 42.2 cm³/mol. The molecule has 1 aliphatic rings. The van der Waals surface area contributed by atoms with Crippen LogP contribution in [-0.4, -0.2) is 17.6 Å². The van der Waals surface area contributed by atoms with E-state index in [4.69, 9.17) is 10.8 Å². The number of hydrogen-bond donors (Lipinski definition) is 2. The highest BCUT2D eigenvalue weighted by Crippen LogP contribution is 2.52. The molecule has 1 aliphatic carbocycles. The summed E-state index contributed by atoms with van der Waals surface area (Å²) >= 11 is 0. The minimum absolute atomic E-state index is 0.306. The van der Waals surface area contributed by atoms with E-state index in [1.54, 1.807) is 0 Å². The van der Waals surface area contributed by atoms with E-state index in [1.165, 1.54) is 12.8 Å². The average molecular weight is 157 g/mol. The maximum absolute atomic E-state index is 10.2. The normalized spacial score (nSPS) is 19.7. The van der Waals surface area contributed by atoms with Crippen molar-refractivity contribution in [3.63, 3.8) is 0 Å². The van der Waals surface area contributed by atoms with E-state index < -0.39 is 5.97 Å². The van der Waals surface area contributed by atoms with Gasteiger partial charge in [-0.25, -0.2) is 0 Å². The Labute approximate surface area is 66.6 Å². The van der Waals surface area contributed by atoms with Crippen LogP contribution in [0.4, 0.5) is 0 Å². The second kappa shape index (κ2) is 3.22. The Kier molecular flexibility index (Phi) is 2.49. The van der Waals surface area contributed by atoms with Crippen LogP contribution in [-0.2, 0) is 4.79 Å². The minimum atomic E-state index is -0.687. The molecule has 1 fully saturated rings. The van der Waals surface area contributed by atoms with Gasteiger partial charge in [-0.05, 0) is 37.6 Å². The summed E-state index contributed by atoms with van der Waals surface area (Å²) in [6.07, 6.45) is 4.48. The molecule has 3 nitrogen and oxygen atoms in total. The molecule has 3 heteroatoms. The third kappa shape index (κ3) is 2.50. The fourth-order valence-corrected chi connectivity index (χ4v) is 1.48. The lowest BCUT2D eigenvalue weighted by Crippen LogP contribution is -2.11. The third-order valence-corrected chi connectivity index (χ3v) is 2.50. The van der Waals surface area contributed by atoms with Crippen molar-refractivity contribution in [3.05, 3.63) is 0 Å². The molecule has 0 unspecified atom stereocenters. The summed E-state index contributed by atoms with van der Waals surface area (Å²) in [6.45, 7) is 0.694. The zero-order valence-corrected chi connectivity index (χ0v) is 6.68. The number of carboxylic acids is 1. The monoisotopic (exact) mass is 157 g/mol. The molecular formula is C8H15NO2. The first-order chi connectivity index (χ1) is 5.18. The van der Waals surface area contributed by atoms with Gasteiger partial charge in [0.25, 0.3) is 0 Å². The number of nitrogens with two attached hydrogens (primary N) is 1. The molecule has 0 heterocycles. The van der Waals surface area contributed by atoms with Crippen LogP contribution in [0.15, 0.2) is 0 Å². The largest absolute Gasteiger partial charge is 0.481 e. The van der Waals surface area contributed by atoms with Gasteiger partial charge in [0.2, 0.25) is 0 Å². The molecular weight excluding hydrogens is 142 g/mol. The van der Waals surface area contributed by atoms with Crippen LogP contribution in [0.1, 0.15) is 32.1 Å². The molecule has 0 aliphatic heterocycles. The van der Waals surface area contributed by atoms with Crippen LogP contribution < -0.4 is 5.73 Å². The highest BCUT2D eigenvalue weighted by atomic mass is 16.4. The highest BCUT2D eigenvalue weighted by molar-refractivity contribution is 5.66. The molecule has 3 N–H and O–H groups in total. The number of aliphatic carboxylic acids is 1. The van der Waals surface area contributed by atoms with Crippen LogP contribution in [0.25, 0.3) is 0 Å². The van der Waals surface area contributed by atoms with Crippen LogP contribution in [0.3, 0.4) is 0 Å². The third-order valence-electron chi connectivity index (χ3n) is 2.50. The SMILES string of the molecule is NCCC1(CCC(=O)O)CC1. The van der Waals surface area contributed by atoms with Crippen molar-refractivity contribution in [2.24, 2.45) is 11.1 Å². The molecule has 64 valence electrons. The van der Waals surface area contributed by atoms with E-state index in [9.17, 15) is 4.79 Å². The van der Waals surface area contributed by atoms with E-state index >= 15 is 0 Å². The zero-order valence-electron chi connectivity index (χ0n) is 6.68. The van der Waals surface area contributed by atoms with Gasteiger partial charge in [0, 0.05) is 6.42 Å². The molecule has 0 radical (unpaired) electrons. The Hall–Kier alpha value is -0.570. The Balaban J connectivity index is 2.19. The summed E-state index contributed by atoms with van der Waals surface area (Å²) in [4.78, 5) is 10.2. The zero-order chi connectivity index (χ0) is 8.32. The summed E-state index contributed by atoms with van der Waals surface area (Å²) in [5, 5.41) is 8.44. The molecule has 0 saturated heterocycles. The van der Waals surface area contributed by atoms with Gasteiger partial charge in [-0.1, -0.05) is 0 Å². The van der Waals surface area contributed by atoms with Gasteiger partial charge in [-0.15, -0.1) is 0 Å². The van der Waals surface area contributed by atoms with Crippen molar-refractivity contribution >= 4 is 5.97 Å². The summed E-state index contributed by atoms with van der Waals surface area (Å²) in [5.74, 6) is -0.687. The Morgan fingerprint density at radius 1 is 1.45 bits per heavy atom. The average Bonchev–Trinajstić information content (AvgIpc) is 2.67. The van der Waals surface area contributed by atoms with E-state index in [2.05, 4.69) is 0 Å². The van der Waals surface area contributed by atoms with Gasteiger partial charge in [-0.3, -0.25) is 4.79 Å². The van der Waals surface area contributed by atoms with Gasteiger partial charge < -0.3 is 10.8 Å². The number of hydrogen-bond acceptors (Lipinski definition) is 2. The van der Waals surface area contributed by atoms with E-state index in [0.717, 1.165) is 12.8 Å². The van der Waals surface area contributed by atoms with Crippen molar-refractivity contribution in [1.82, 2.24) is 0 Å². The molecule has 1 rings (SSSR count). The van der Waals surface area contributed by atoms with Crippen molar-refractivity contribution < 1.29 is 9.90 Å². The molecule has 1 saturated carbocycles. The topological polar surface area (TPSA) is 63.3 Å². The van der Waals surface area contributed by atoms with Crippen molar-refractivity contribution in [3.8, 4) is 0 Å². The first-order valence-corrected chi connectivity index (χ1v) is 4.10. The molecule has 0 aromatic rings. The Morgan fingerprint density at radius 2 is 2.09 bits per heavy atom. The summed E-state index contributed by atoms with van der Waals surface area (Å²) in [5.41, 5.74) is 5.74. The first kappa shape index (κ1) is 8.53. The molecule has 0 amide bonds. The summed E-state index contributed by atoms with van der Waals surface area (Å²) in [6, 6.07) is 0. The molecule has 0 bridgehead atoms. The van der Waals surface area contributed by atoms with Crippen LogP contribution >= 0.6 is 0 Å². The van der Waals surface area contributed by atoms with Gasteiger partial charge in [0.05, 0.1) is 0 Å². The quantitative estimate of drug-likeness (QED) is 0.625. The van der Waals surface area contributed by atoms with Crippen LogP contribution in [0.2, 0.25) is 0 Å². The van der Waals surface area contributed by atoms with E-state index in [1.807, 2.05) is 0 Å². The molecule has 0 atom stereocenters. The predicted octanol–water partition coefficient (Wildman–Crippen LogP) is 0.980. The number of carbonyl (C=O) groups is 1. The second-order valence-corrected chi connectivity index (χ2v) is 3.43. The van der Waals surface area contributed by atoms with E-state index in [-0.39, 0.29) is 0 Å². The first-order valence-electron chi connectivity index (χ1n) is 4.10. The summed E-state index contributed by atoms with van der Waals surface area (Å²) < 4.78 is 0. The molecule has 0 aromatic carbocycles. The fourth-order valence-electron chi connectivity index (χ4n) is 1.48. The van der Waals surface area contributed by atoms with Gasteiger partial charge in [0.1, 0.15) is 0 Å². The molecule has 0 aromatic heterocycles. The lowest BCUT2D eigenvalue weighted by molar-refractivity contribution is -0.137. The van der Waals surface area contributed by atoms with Gasteiger partial charge >= 0.3 is 5.97 Å². The molecule has 11 heavy (non-hydrogen) atoms. The Morgan fingerprint density at radius 3 is 2.45 bits per heavy atom. The Bertz CT molecular complexity index is 152. The van der Waals surface area contributed by atoms with Crippen molar-refractivity contribution in [1.29, 1.82) is 0 Å². The second-order valence-electron chi connectivity index (χ2n) is 3.43. The smallest absolute Gasteiger partial charge is 0.303 e. The molecule has 0 spiro atoms. The van der Waals surface area contributed by atoms with E-state index in [0.29, 0.717) is 18.4 Å². The minimum Gasteiger partial charge on any atom is -0.481 e. The lowest BCUT2D eigenvalue weighted by atomic mass is 9.96. The maximum Gasteiger partial charge on any atom is 0.303 e. The van der Waals surface area contributed by atoms with Crippen LogP contribution in [0, 0.1) is 5.41 Å². The van der Waals surface area contributed by atoms with Gasteiger partial charge in [0.15, 0.2) is 0 Å². The van der Waals surface area contributed by atoms with Crippen LogP contribution in [0.5, 0.6) is 0 Å². The summed E-state index contributed by atoms with van der Waals surface area (Å²) in [7, 11) is 0. The number of rotatable bonds is 5. The van der Waals surface area contributed by atoms with Gasteiger partial charge in [-0.2, -0.15) is 0 Å². The van der Waals surface area contributed by atoms with Crippen molar-refractivity contribution in [2.45, 2.75) is 32.1 Å². The highest BCUT2D eigenvalue weighted by Gasteiger charge is 2.41. The lowest BCUT2D eigenvalue weighted by Gasteiger charge is -2.10. The maximum atomic E-state index is 10.2. The standard InChI is InChI=1S/C8H15NO2/c9-6-5-8(3-4-8)2-1-7(10)11/h1-6,9H2,(H,10,11). The fraction of sp³-hybridized carbons (Fsp3) is 0.875. The van der Waals surface area contributed by atoms with Crippen molar-refractivity contribution in [2.75, 3.05) is 6.54 Å². The number of carboxylic acid groups (broad SMARTS) is 1.